The molecule has 4 aromatic rings. The highest BCUT2D eigenvalue weighted by atomic mass is 16.2. The smallest absolute Gasteiger partial charge is 0.323 e. The molecule has 1 aliphatic rings. The second-order valence-electron chi connectivity index (χ2n) is 8.97. The zero-order valence-electron chi connectivity index (χ0n) is 18.7. The van der Waals surface area contributed by atoms with Crippen LogP contribution in [0.2, 0.25) is 0 Å². The van der Waals surface area contributed by atoms with E-state index in [1.807, 2.05) is 18.5 Å². The number of nitrogens with zero attached hydrogens (tertiary/aromatic N) is 3. The van der Waals surface area contributed by atoms with Gasteiger partial charge in [-0.2, -0.15) is 0 Å². The summed E-state index contributed by atoms with van der Waals surface area (Å²) in [4.78, 5) is 38.7. The van der Waals surface area contributed by atoms with E-state index in [1.165, 1.54) is 10.9 Å². The highest BCUT2D eigenvalue weighted by molar-refractivity contribution is 5.94. The zero-order valence-corrected chi connectivity index (χ0v) is 18.7. The molecule has 0 spiro atoms. The van der Waals surface area contributed by atoms with Crippen LogP contribution in [0.1, 0.15) is 5.56 Å². The molecule has 5 rings (SSSR count). The summed E-state index contributed by atoms with van der Waals surface area (Å²) in [6.45, 7) is 3.94. The Morgan fingerprint density at radius 2 is 1.94 bits per heavy atom. The first-order chi connectivity index (χ1) is 16.0. The number of pyridine rings is 1. The van der Waals surface area contributed by atoms with E-state index in [0.29, 0.717) is 23.7 Å². The number of likely N-dealkylation sites (N-methyl/N-ethyl adjacent to an activating group) is 1. The lowest BCUT2D eigenvalue weighted by Gasteiger charge is -2.24. The van der Waals surface area contributed by atoms with Gasteiger partial charge >= 0.3 is 5.69 Å². The van der Waals surface area contributed by atoms with E-state index >= 15 is 0 Å². The fourth-order valence-corrected chi connectivity index (χ4v) is 4.80. The fraction of sp³-hybridized carbons (Fsp3) is 0.320. The van der Waals surface area contributed by atoms with Gasteiger partial charge in [0.2, 0.25) is 5.91 Å². The number of amides is 1. The molecule has 3 heterocycles. The largest absolute Gasteiger partial charge is 0.325 e. The van der Waals surface area contributed by atoms with Crippen LogP contribution in [0.3, 0.4) is 0 Å². The van der Waals surface area contributed by atoms with Crippen molar-refractivity contribution in [3.05, 3.63) is 70.9 Å². The average Bonchev–Trinajstić information content (AvgIpc) is 3.07. The lowest BCUT2D eigenvalue weighted by molar-refractivity contribution is -0.117. The number of rotatable bonds is 5. The predicted molar refractivity (Wildman–Crippen MR) is 130 cm³/mol. The van der Waals surface area contributed by atoms with Gasteiger partial charge in [-0.1, -0.05) is 24.3 Å². The third kappa shape index (κ3) is 4.97. The SMILES string of the molecule is CN1CCN(CC(=O)Nc2ccc3[nH]c(=O)[nH]c3c2)CC(Cc2cncc3ccccc23)C1. The molecule has 1 amide bonds. The minimum atomic E-state index is -0.255. The third-order valence-electron chi connectivity index (χ3n) is 6.31. The summed E-state index contributed by atoms with van der Waals surface area (Å²) < 4.78 is 0. The van der Waals surface area contributed by atoms with Gasteiger partial charge in [-0.25, -0.2) is 4.79 Å². The normalized spacial score (nSPS) is 17.9. The van der Waals surface area contributed by atoms with Gasteiger partial charge in [0.15, 0.2) is 0 Å². The van der Waals surface area contributed by atoms with Crippen LogP contribution in [-0.2, 0) is 11.2 Å². The molecular formula is C25H28N6O2. The molecule has 8 nitrogen and oxygen atoms in total. The summed E-state index contributed by atoms with van der Waals surface area (Å²) in [6, 6.07) is 13.7. The maximum Gasteiger partial charge on any atom is 0.323 e. The van der Waals surface area contributed by atoms with Crippen molar-refractivity contribution in [2.75, 3.05) is 45.1 Å². The average molecular weight is 445 g/mol. The van der Waals surface area contributed by atoms with E-state index < -0.39 is 0 Å². The molecule has 1 fully saturated rings. The van der Waals surface area contributed by atoms with Crippen LogP contribution in [0.5, 0.6) is 0 Å². The van der Waals surface area contributed by atoms with Gasteiger partial charge in [0, 0.05) is 49.6 Å². The summed E-state index contributed by atoms with van der Waals surface area (Å²) in [5.41, 5.74) is 3.08. The molecule has 1 aliphatic heterocycles. The summed E-state index contributed by atoms with van der Waals surface area (Å²) in [6.07, 6.45) is 4.81. The highest BCUT2D eigenvalue weighted by Gasteiger charge is 2.23. The van der Waals surface area contributed by atoms with E-state index in [0.717, 1.165) is 43.5 Å². The van der Waals surface area contributed by atoms with E-state index in [1.54, 1.807) is 18.2 Å². The Bertz CT molecular complexity index is 1340. The first-order valence-corrected chi connectivity index (χ1v) is 11.3. The summed E-state index contributed by atoms with van der Waals surface area (Å²) in [5, 5.41) is 5.38. The number of aromatic amines is 2. The van der Waals surface area contributed by atoms with Crippen molar-refractivity contribution in [2.45, 2.75) is 6.42 Å². The van der Waals surface area contributed by atoms with Gasteiger partial charge in [0.05, 0.1) is 17.6 Å². The Hall–Kier alpha value is -3.49. The van der Waals surface area contributed by atoms with Crippen LogP contribution in [0, 0.1) is 5.92 Å². The Balaban J connectivity index is 1.26. The quantitative estimate of drug-likeness (QED) is 0.439. The molecule has 8 heteroatoms. The molecule has 0 saturated carbocycles. The van der Waals surface area contributed by atoms with Crippen molar-refractivity contribution in [3.8, 4) is 0 Å². The van der Waals surface area contributed by atoms with Crippen molar-refractivity contribution in [1.82, 2.24) is 24.8 Å². The van der Waals surface area contributed by atoms with Crippen LogP contribution in [0.15, 0.2) is 59.7 Å². The molecule has 33 heavy (non-hydrogen) atoms. The lowest BCUT2D eigenvalue weighted by Crippen LogP contribution is -2.37. The number of carbonyl (C=O) groups excluding carboxylic acids is 1. The maximum atomic E-state index is 12.8. The predicted octanol–water partition coefficient (Wildman–Crippen LogP) is 2.45. The van der Waals surface area contributed by atoms with Gasteiger partial charge in [-0.3, -0.25) is 14.7 Å². The van der Waals surface area contributed by atoms with Gasteiger partial charge < -0.3 is 20.2 Å². The molecule has 2 aromatic carbocycles. The van der Waals surface area contributed by atoms with Gasteiger partial charge in [-0.15, -0.1) is 0 Å². The Kier molecular flexibility index (Phi) is 5.93. The van der Waals surface area contributed by atoms with Crippen molar-refractivity contribution >= 4 is 33.4 Å². The number of carbonyl (C=O) groups is 1. The molecule has 170 valence electrons. The van der Waals surface area contributed by atoms with Gasteiger partial charge in [0.1, 0.15) is 0 Å². The molecule has 1 unspecified atom stereocenters. The zero-order chi connectivity index (χ0) is 22.8. The second-order valence-corrected chi connectivity index (χ2v) is 8.97. The molecule has 1 saturated heterocycles. The molecule has 1 atom stereocenters. The summed E-state index contributed by atoms with van der Waals surface area (Å²) in [5.74, 6) is 0.349. The number of H-pyrrole nitrogens is 2. The minimum Gasteiger partial charge on any atom is -0.325 e. The first-order valence-electron chi connectivity index (χ1n) is 11.3. The third-order valence-corrected chi connectivity index (χ3v) is 6.31. The maximum absolute atomic E-state index is 12.8. The van der Waals surface area contributed by atoms with Crippen molar-refractivity contribution in [1.29, 1.82) is 0 Å². The molecular weight excluding hydrogens is 416 g/mol. The van der Waals surface area contributed by atoms with Crippen molar-refractivity contribution in [2.24, 2.45) is 5.92 Å². The van der Waals surface area contributed by atoms with Crippen LogP contribution in [0.25, 0.3) is 21.8 Å². The molecule has 0 radical (unpaired) electrons. The topological polar surface area (TPSA) is 97.1 Å². The standard InChI is InChI=1S/C25H28N6O2/c1-30-8-9-31(16-24(32)27-20-6-7-22-23(11-20)29-25(33)28-22)15-17(14-30)10-19-13-26-12-18-4-2-3-5-21(18)19/h2-7,11-13,17H,8-10,14-16H2,1H3,(H,27,32)(H2,28,29,33). The number of hydrogen-bond donors (Lipinski definition) is 3. The van der Waals surface area contributed by atoms with Crippen molar-refractivity contribution in [3.63, 3.8) is 0 Å². The number of fused-ring (bicyclic) bond motifs is 2. The number of imidazole rings is 1. The molecule has 2 aromatic heterocycles. The Morgan fingerprint density at radius 1 is 1.09 bits per heavy atom. The molecule has 0 bridgehead atoms. The minimum absolute atomic E-state index is 0.0534. The number of nitrogens with one attached hydrogen (secondary N) is 3. The molecule has 3 N–H and O–H groups in total. The van der Waals surface area contributed by atoms with Gasteiger partial charge in [-0.05, 0) is 48.5 Å². The van der Waals surface area contributed by atoms with E-state index in [4.69, 9.17) is 0 Å². The van der Waals surface area contributed by atoms with Crippen LogP contribution < -0.4 is 11.0 Å². The number of anilines is 1. The summed E-state index contributed by atoms with van der Waals surface area (Å²) in [7, 11) is 2.14. The number of benzene rings is 2. The fourth-order valence-electron chi connectivity index (χ4n) is 4.80. The first kappa shape index (κ1) is 21.4. The monoisotopic (exact) mass is 444 g/mol. The molecule has 0 aliphatic carbocycles. The van der Waals surface area contributed by atoms with E-state index in [2.05, 4.69) is 55.3 Å². The number of aromatic nitrogens is 3. The van der Waals surface area contributed by atoms with Crippen LogP contribution in [0.4, 0.5) is 5.69 Å². The highest BCUT2D eigenvalue weighted by Crippen LogP contribution is 2.22. The number of hydrogen-bond acceptors (Lipinski definition) is 5. The van der Waals surface area contributed by atoms with Crippen molar-refractivity contribution < 1.29 is 4.79 Å². The Labute approximate surface area is 191 Å². The van der Waals surface area contributed by atoms with Crippen LogP contribution >= 0.6 is 0 Å². The second kappa shape index (κ2) is 9.17. The Morgan fingerprint density at radius 3 is 2.85 bits per heavy atom. The van der Waals surface area contributed by atoms with E-state index in [9.17, 15) is 9.59 Å². The lowest BCUT2D eigenvalue weighted by atomic mass is 9.96. The summed E-state index contributed by atoms with van der Waals surface area (Å²) >= 11 is 0. The van der Waals surface area contributed by atoms with E-state index in [-0.39, 0.29) is 11.6 Å². The van der Waals surface area contributed by atoms with Crippen LogP contribution in [-0.4, -0.2) is 70.4 Å². The van der Waals surface area contributed by atoms with Gasteiger partial charge in [0.25, 0.3) is 0 Å².